The predicted octanol–water partition coefficient (Wildman–Crippen LogP) is 4.66. The number of halogens is 1. The number of hydrogen-bond acceptors (Lipinski definition) is 4. The average molecular weight is 305 g/mol. The molecule has 2 N–H and O–H groups in total. The van der Waals surface area contributed by atoms with E-state index in [1.807, 2.05) is 39.1 Å². The second-order valence-electron chi connectivity index (χ2n) is 5.42. The molecule has 0 fully saturated rings. The number of benzene rings is 1. The van der Waals surface area contributed by atoms with Crippen LogP contribution in [0, 0.1) is 13.8 Å². The van der Waals surface area contributed by atoms with Crippen LogP contribution in [0.4, 0.5) is 17.3 Å². The van der Waals surface area contributed by atoms with Crippen LogP contribution in [-0.2, 0) is 0 Å². The van der Waals surface area contributed by atoms with Crippen LogP contribution in [0.15, 0.2) is 18.2 Å². The molecule has 0 saturated carbocycles. The molecule has 0 bridgehead atoms. The highest BCUT2D eigenvalue weighted by molar-refractivity contribution is 6.33. The van der Waals surface area contributed by atoms with E-state index in [2.05, 4.69) is 34.4 Å². The highest BCUT2D eigenvalue weighted by Crippen LogP contribution is 2.29. The summed E-state index contributed by atoms with van der Waals surface area (Å²) in [5, 5.41) is 7.12. The van der Waals surface area contributed by atoms with E-state index in [0.717, 1.165) is 34.3 Å². The Labute approximate surface area is 131 Å². The summed E-state index contributed by atoms with van der Waals surface area (Å²) in [5.41, 5.74) is 2.97. The van der Waals surface area contributed by atoms with Crippen molar-refractivity contribution in [2.45, 2.75) is 33.6 Å². The van der Waals surface area contributed by atoms with Crippen LogP contribution in [0.25, 0.3) is 0 Å². The van der Waals surface area contributed by atoms with Crippen molar-refractivity contribution in [3.63, 3.8) is 0 Å². The monoisotopic (exact) mass is 304 g/mol. The highest BCUT2D eigenvalue weighted by atomic mass is 35.5. The van der Waals surface area contributed by atoms with Gasteiger partial charge in [0.25, 0.3) is 0 Å². The third kappa shape index (κ3) is 3.45. The smallest absolute Gasteiger partial charge is 0.139 e. The maximum Gasteiger partial charge on any atom is 0.139 e. The van der Waals surface area contributed by atoms with Crippen LogP contribution in [0.5, 0.6) is 0 Å². The summed E-state index contributed by atoms with van der Waals surface area (Å²) in [6.07, 6.45) is 0. The number of aromatic nitrogens is 2. The van der Waals surface area contributed by atoms with E-state index in [1.165, 1.54) is 0 Å². The van der Waals surface area contributed by atoms with Crippen LogP contribution >= 0.6 is 11.6 Å². The minimum atomic E-state index is 0.256. The van der Waals surface area contributed by atoms with Crippen LogP contribution < -0.4 is 10.6 Å². The van der Waals surface area contributed by atoms with Crippen LogP contribution in [0.2, 0.25) is 5.02 Å². The molecule has 1 aromatic heterocycles. The first kappa shape index (κ1) is 15.6. The molecule has 2 rings (SSSR count). The van der Waals surface area contributed by atoms with E-state index < -0.39 is 0 Å². The quantitative estimate of drug-likeness (QED) is 0.863. The molecule has 0 spiro atoms. The standard InChI is InChI=1S/C16H21ClN4/c1-9(2)14-20-15(18-5)11(4)16(21-14)19-13-8-10(3)6-7-12(13)17/h6-9H,1-5H3,(H2,18,19,20,21). The molecule has 0 unspecified atom stereocenters. The number of hydrogen-bond donors (Lipinski definition) is 2. The minimum absolute atomic E-state index is 0.256. The van der Waals surface area contributed by atoms with Gasteiger partial charge in [-0.1, -0.05) is 31.5 Å². The Morgan fingerprint density at radius 3 is 2.38 bits per heavy atom. The Bertz CT molecular complexity index is 653. The zero-order valence-electron chi connectivity index (χ0n) is 13.1. The Hall–Kier alpha value is -1.81. The lowest BCUT2D eigenvalue weighted by atomic mass is 10.2. The summed E-state index contributed by atoms with van der Waals surface area (Å²) in [6.45, 7) is 8.18. The Kier molecular flexibility index (Phi) is 4.68. The Morgan fingerprint density at radius 1 is 1.10 bits per heavy atom. The number of aryl methyl sites for hydroxylation is 1. The fourth-order valence-corrected chi connectivity index (χ4v) is 2.18. The van der Waals surface area contributed by atoms with E-state index in [9.17, 15) is 0 Å². The van der Waals surface area contributed by atoms with Gasteiger partial charge in [-0.15, -0.1) is 0 Å². The van der Waals surface area contributed by atoms with E-state index in [-0.39, 0.29) is 5.92 Å². The number of nitrogens with one attached hydrogen (secondary N) is 2. The molecular formula is C16H21ClN4. The molecule has 21 heavy (non-hydrogen) atoms. The van der Waals surface area contributed by atoms with Gasteiger partial charge in [0.1, 0.15) is 17.5 Å². The average Bonchev–Trinajstić information content (AvgIpc) is 2.44. The van der Waals surface area contributed by atoms with Crippen molar-refractivity contribution >= 4 is 28.9 Å². The van der Waals surface area contributed by atoms with Gasteiger partial charge >= 0.3 is 0 Å². The molecule has 5 heteroatoms. The molecule has 4 nitrogen and oxygen atoms in total. The Morgan fingerprint density at radius 2 is 1.76 bits per heavy atom. The van der Waals surface area contributed by atoms with Gasteiger partial charge in [0.2, 0.25) is 0 Å². The van der Waals surface area contributed by atoms with Crippen molar-refractivity contribution in [2.75, 3.05) is 17.7 Å². The zero-order valence-corrected chi connectivity index (χ0v) is 13.8. The fourth-order valence-electron chi connectivity index (χ4n) is 2.02. The summed E-state index contributed by atoms with van der Waals surface area (Å²) in [5.74, 6) is 2.67. The van der Waals surface area contributed by atoms with Crippen LogP contribution in [0.1, 0.15) is 36.7 Å². The van der Waals surface area contributed by atoms with Gasteiger partial charge < -0.3 is 10.6 Å². The first-order valence-electron chi connectivity index (χ1n) is 7.01. The largest absolute Gasteiger partial charge is 0.373 e. The lowest BCUT2D eigenvalue weighted by Crippen LogP contribution is -2.08. The summed E-state index contributed by atoms with van der Waals surface area (Å²) in [4.78, 5) is 9.16. The number of rotatable bonds is 4. The van der Waals surface area contributed by atoms with Crippen molar-refractivity contribution in [1.82, 2.24) is 9.97 Å². The first-order valence-corrected chi connectivity index (χ1v) is 7.39. The summed E-state index contributed by atoms with van der Waals surface area (Å²) < 4.78 is 0. The predicted molar refractivity (Wildman–Crippen MR) is 89.9 cm³/mol. The third-order valence-corrected chi connectivity index (χ3v) is 3.62. The molecule has 0 radical (unpaired) electrons. The van der Waals surface area contributed by atoms with Crippen LogP contribution in [0.3, 0.4) is 0 Å². The van der Waals surface area contributed by atoms with Crippen molar-refractivity contribution in [1.29, 1.82) is 0 Å². The molecule has 0 saturated heterocycles. The van der Waals surface area contributed by atoms with Gasteiger partial charge in [-0.05, 0) is 31.5 Å². The first-order chi connectivity index (χ1) is 9.92. The molecule has 0 aliphatic rings. The van der Waals surface area contributed by atoms with Gasteiger partial charge in [0.05, 0.1) is 10.7 Å². The van der Waals surface area contributed by atoms with Gasteiger partial charge in [0.15, 0.2) is 0 Å². The molecule has 0 atom stereocenters. The summed E-state index contributed by atoms with van der Waals surface area (Å²) in [7, 11) is 1.86. The summed E-state index contributed by atoms with van der Waals surface area (Å²) >= 11 is 6.25. The minimum Gasteiger partial charge on any atom is -0.373 e. The van der Waals surface area contributed by atoms with Crippen molar-refractivity contribution in [2.24, 2.45) is 0 Å². The number of nitrogens with zero attached hydrogens (tertiary/aromatic N) is 2. The maximum atomic E-state index is 6.25. The van der Waals surface area contributed by atoms with Crippen molar-refractivity contribution in [3.8, 4) is 0 Å². The van der Waals surface area contributed by atoms with E-state index >= 15 is 0 Å². The lowest BCUT2D eigenvalue weighted by molar-refractivity contribution is 0.775. The van der Waals surface area contributed by atoms with E-state index in [0.29, 0.717) is 5.02 Å². The molecule has 0 aliphatic heterocycles. The lowest BCUT2D eigenvalue weighted by Gasteiger charge is -2.16. The van der Waals surface area contributed by atoms with Gasteiger partial charge in [0, 0.05) is 18.5 Å². The van der Waals surface area contributed by atoms with Gasteiger partial charge in [-0.2, -0.15) is 0 Å². The van der Waals surface area contributed by atoms with E-state index in [4.69, 9.17) is 11.6 Å². The zero-order chi connectivity index (χ0) is 15.6. The van der Waals surface area contributed by atoms with Gasteiger partial charge in [-0.25, -0.2) is 9.97 Å². The van der Waals surface area contributed by atoms with E-state index in [1.54, 1.807) is 0 Å². The second-order valence-corrected chi connectivity index (χ2v) is 5.82. The molecule has 2 aromatic rings. The molecule has 0 aliphatic carbocycles. The number of anilines is 3. The fraction of sp³-hybridized carbons (Fsp3) is 0.375. The summed E-state index contributed by atoms with van der Waals surface area (Å²) in [6, 6.07) is 5.88. The highest BCUT2D eigenvalue weighted by Gasteiger charge is 2.13. The third-order valence-electron chi connectivity index (χ3n) is 3.29. The SMILES string of the molecule is CNc1nc(C(C)C)nc(Nc2cc(C)ccc2Cl)c1C. The molecule has 112 valence electrons. The molecule has 1 heterocycles. The Balaban J connectivity index is 2.47. The molecular weight excluding hydrogens is 284 g/mol. The van der Waals surface area contributed by atoms with Gasteiger partial charge in [-0.3, -0.25) is 0 Å². The topological polar surface area (TPSA) is 49.8 Å². The second kappa shape index (κ2) is 6.31. The maximum absolute atomic E-state index is 6.25. The van der Waals surface area contributed by atoms with Crippen molar-refractivity contribution < 1.29 is 0 Å². The molecule has 1 aromatic carbocycles. The van der Waals surface area contributed by atoms with Crippen LogP contribution in [-0.4, -0.2) is 17.0 Å². The normalized spacial score (nSPS) is 10.8. The van der Waals surface area contributed by atoms with Crippen molar-refractivity contribution in [3.05, 3.63) is 40.2 Å². The molecule has 0 amide bonds.